The summed E-state index contributed by atoms with van der Waals surface area (Å²) in [4.78, 5) is 28.0. The first-order chi connectivity index (χ1) is 9.49. The molecule has 1 aromatic heterocycles. The molecule has 0 saturated carbocycles. The van der Waals surface area contributed by atoms with Gasteiger partial charge in [-0.2, -0.15) is 0 Å². The second-order valence-electron chi connectivity index (χ2n) is 4.25. The van der Waals surface area contributed by atoms with E-state index in [2.05, 4.69) is 20.9 Å². The Morgan fingerprint density at radius 1 is 1.40 bits per heavy atom. The summed E-state index contributed by atoms with van der Waals surface area (Å²) in [6.45, 7) is 6.76. The van der Waals surface area contributed by atoms with Gasteiger partial charge in [-0.25, -0.2) is 4.98 Å². The lowest BCUT2D eigenvalue weighted by atomic mass is 10.3. The summed E-state index contributed by atoms with van der Waals surface area (Å²) in [5, 5.41) is 8.93. The molecule has 8 heteroatoms. The van der Waals surface area contributed by atoms with E-state index in [1.807, 2.05) is 13.8 Å². The van der Waals surface area contributed by atoms with E-state index in [0.29, 0.717) is 16.6 Å². The fourth-order valence-electron chi connectivity index (χ4n) is 1.46. The minimum atomic E-state index is -0.615. The summed E-state index contributed by atoms with van der Waals surface area (Å²) in [6.07, 6.45) is 0.954. The van der Waals surface area contributed by atoms with Gasteiger partial charge in [-0.1, -0.05) is 18.3 Å². The van der Waals surface area contributed by atoms with Crippen LogP contribution in [0.3, 0.4) is 0 Å². The average molecular weight is 299 g/mol. The van der Waals surface area contributed by atoms with Gasteiger partial charge >= 0.3 is 0 Å². The molecule has 0 aliphatic carbocycles. The topological polar surface area (TPSA) is 109 Å². The van der Waals surface area contributed by atoms with Crippen LogP contribution in [-0.2, 0) is 4.79 Å². The van der Waals surface area contributed by atoms with Gasteiger partial charge in [0.2, 0.25) is 5.91 Å². The molecule has 1 atom stereocenters. The number of carbonyl (C=O) groups is 2. The molecular formula is C12H21N5O2S. The summed E-state index contributed by atoms with van der Waals surface area (Å²) in [6, 6.07) is -0.615. The second kappa shape index (κ2) is 7.68. The van der Waals surface area contributed by atoms with E-state index >= 15 is 0 Å². The van der Waals surface area contributed by atoms with Crippen molar-refractivity contribution < 1.29 is 9.59 Å². The summed E-state index contributed by atoms with van der Waals surface area (Å²) in [5.74, 6) is -0.439. The van der Waals surface area contributed by atoms with Gasteiger partial charge in [0.1, 0.15) is 16.7 Å². The average Bonchev–Trinajstić information content (AvgIpc) is 2.77. The van der Waals surface area contributed by atoms with Crippen LogP contribution in [0.4, 0.5) is 10.9 Å². The highest BCUT2D eigenvalue weighted by Gasteiger charge is 2.20. The third-order valence-corrected chi connectivity index (χ3v) is 3.51. The summed E-state index contributed by atoms with van der Waals surface area (Å²) < 4.78 is 0. The Kier molecular flexibility index (Phi) is 6.23. The Bertz CT molecular complexity index is 474. The predicted molar refractivity (Wildman–Crippen MR) is 80.9 cm³/mol. The van der Waals surface area contributed by atoms with Crippen molar-refractivity contribution in [3.63, 3.8) is 0 Å². The van der Waals surface area contributed by atoms with Gasteiger partial charge in [0.05, 0.1) is 0 Å². The number of rotatable bonds is 7. The monoisotopic (exact) mass is 299 g/mol. The van der Waals surface area contributed by atoms with E-state index < -0.39 is 6.04 Å². The Labute approximate surface area is 122 Å². The van der Waals surface area contributed by atoms with Crippen molar-refractivity contribution >= 4 is 34.1 Å². The van der Waals surface area contributed by atoms with Crippen LogP contribution in [-0.4, -0.2) is 35.9 Å². The van der Waals surface area contributed by atoms with Gasteiger partial charge in [-0.3, -0.25) is 9.59 Å². The normalized spacial score (nSPS) is 11.8. The molecular weight excluding hydrogens is 278 g/mol. The van der Waals surface area contributed by atoms with E-state index in [4.69, 9.17) is 5.73 Å². The Morgan fingerprint density at radius 3 is 2.70 bits per heavy atom. The number of amides is 2. The number of hydrogen-bond donors (Lipinski definition) is 4. The maximum atomic E-state index is 12.0. The molecule has 0 aromatic carbocycles. The highest BCUT2D eigenvalue weighted by Crippen LogP contribution is 2.24. The fourth-order valence-corrected chi connectivity index (χ4v) is 2.27. The molecule has 1 heterocycles. The van der Waals surface area contributed by atoms with Crippen molar-refractivity contribution in [1.29, 1.82) is 0 Å². The maximum absolute atomic E-state index is 12.0. The smallest absolute Gasteiger partial charge is 0.265 e. The first-order valence-corrected chi connectivity index (χ1v) is 7.39. The molecule has 1 aromatic rings. The number of nitrogen functional groups attached to an aromatic ring is 1. The van der Waals surface area contributed by atoms with Crippen molar-refractivity contribution in [2.45, 2.75) is 33.2 Å². The Morgan fingerprint density at radius 2 is 2.10 bits per heavy atom. The lowest BCUT2D eigenvalue weighted by Crippen LogP contribution is -2.44. The number of anilines is 2. The van der Waals surface area contributed by atoms with Gasteiger partial charge in [-0.15, -0.1) is 0 Å². The Balaban J connectivity index is 2.67. The number of likely N-dealkylation sites (N-methyl/N-ethyl adjacent to an activating group) is 1. The van der Waals surface area contributed by atoms with Crippen LogP contribution in [0.1, 0.15) is 36.9 Å². The van der Waals surface area contributed by atoms with E-state index in [-0.39, 0.29) is 17.6 Å². The van der Waals surface area contributed by atoms with E-state index in [1.54, 1.807) is 6.92 Å². The molecule has 7 nitrogen and oxygen atoms in total. The predicted octanol–water partition coefficient (Wildman–Crippen LogP) is 0.802. The number of carbonyl (C=O) groups excluding carboxylic acids is 2. The Hall–Kier alpha value is -1.83. The quantitative estimate of drug-likeness (QED) is 0.595. The molecule has 0 aliphatic rings. The van der Waals surface area contributed by atoms with Crippen molar-refractivity contribution in [2.24, 2.45) is 0 Å². The zero-order chi connectivity index (χ0) is 15.1. The molecule has 20 heavy (non-hydrogen) atoms. The third kappa shape index (κ3) is 4.37. The summed E-state index contributed by atoms with van der Waals surface area (Å²) >= 11 is 1.18. The largest absolute Gasteiger partial charge is 0.382 e. The number of nitrogens with one attached hydrogen (secondary N) is 3. The molecule has 2 amide bonds. The lowest BCUT2D eigenvalue weighted by Gasteiger charge is -2.12. The van der Waals surface area contributed by atoms with Crippen LogP contribution in [0.25, 0.3) is 0 Å². The first-order valence-electron chi connectivity index (χ1n) is 6.58. The number of aromatic nitrogens is 1. The van der Waals surface area contributed by atoms with Crippen LogP contribution in [0.5, 0.6) is 0 Å². The fraction of sp³-hybridized carbons (Fsp3) is 0.583. The molecule has 0 fully saturated rings. The maximum Gasteiger partial charge on any atom is 0.265 e. The molecule has 1 unspecified atom stereocenters. The highest BCUT2D eigenvalue weighted by molar-refractivity contribution is 7.18. The number of hydrogen-bond acceptors (Lipinski definition) is 6. The van der Waals surface area contributed by atoms with Gasteiger partial charge in [-0.05, 0) is 20.3 Å². The SMILES string of the molecule is CCCNc1nc(N)c(C(=O)NC(C)C(=O)NCC)s1. The lowest BCUT2D eigenvalue weighted by molar-refractivity contribution is -0.122. The minimum absolute atomic E-state index is 0.175. The molecule has 0 bridgehead atoms. The number of nitrogens with two attached hydrogens (primary N) is 1. The van der Waals surface area contributed by atoms with Gasteiger partial charge < -0.3 is 21.7 Å². The number of nitrogens with zero attached hydrogens (tertiary/aromatic N) is 1. The van der Waals surface area contributed by atoms with Gasteiger partial charge in [0, 0.05) is 13.1 Å². The van der Waals surface area contributed by atoms with E-state index in [1.165, 1.54) is 11.3 Å². The third-order valence-electron chi connectivity index (χ3n) is 2.48. The van der Waals surface area contributed by atoms with E-state index in [9.17, 15) is 9.59 Å². The van der Waals surface area contributed by atoms with Crippen LogP contribution in [0.2, 0.25) is 0 Å². The first kappa shape index (κ1) is 16.2. The van der Waals surface area contributed by atoms with Gasteiger partial charge in [0.25, 0.3) is 5.91 Å². The standard InChI is InChI=1S/C12H21N5O2S/c1-4-6-15-12-17-9(13)8(20-12)11(19)16-7(3)10(18)14-5-2/h7H,4-6,13H2,1-3H3,(H,14,18)(H,15,17)(H,16,19). The number of thiazole rings is 1. The molecule has 5 N–H and O–H groups in total. The van der Waals surface area contributed by atoms with Crippen LogP contribution in [0, 0.1) is 0 Å². The second-order valence-corrected chi connectivity index (χ2v) is 5.25. The molecule has 0 spiro atoms. The molecule has 0 saturated heterocycles. The highest BCUT2D eigenvalue weighted by atomic mass is 32.1. The van der Waals surface area contributed by atoms with Crippen LogP contribution in [0.15, 0.2) is 0 Å². The molecule has 112 valence electrons. The van der Waals surface area contributed by atoms with Crippen molar-refractivity contribution in [1.82, 2.24) is 15.6 Å². The zero-order valence-electron chi connectivity index (χ0n) is 11.9. The van der Waals surface area contributed by atoms with Crippen molar-refractivity contribution in [2.75, 3.05) is 24.1 Å². The molecule has 0 radical (unpaired) electrons. The minimum Gasteiger partial charge on any atom is -0.382 e. The summed E-state index contributed by atoms with van der Waals surface area (Å²) in [5.41, 5.74) is 5.72. The van der Waals surface area contributed by atoms with Crippen molar-refractivity contribution in [3.05, 3.63) is 4.88 Å². The van der Waals surface area contributed by atoms with Crippen LogP contribution >= 0.6 is 11.3 Å². The van der Waals surface area contributed by atoms with Crippen molar-refractivity contribution in [3.8, 4) is 0 Å². The van der Waals surface area contributed by atoms with Crippen LogP contribution < -0.4 is 21.7 Å². The van der Waals surface area contributed by atoms with E-state index in [0.717, 1.165) is 13.0 Å². The summed E-state index contributed by atoms with van der Waals surface area (Å²) in [7, 11) is 0. The zero-order valence-corrected chi connectivity index (χ0v) is 12.8. The molecule has 1 rings (SSSR count). The molecule has 0 aliphatic heterocycles. The van der Waals surface area contributed by atoms with Gasteiger partial charge in [0.15, 0.2) is 5.13 Å².